The molecular weight excluding hydrogens is 392 g/mol. The highest BCUT2D eigenvalue weighted by Crippen LogP contribution is 2.23. The molecule has 2 amide bonds. The lowest BCUT2D eigenvalue weighted by Crippen LogP contribution is -2.41. The Hall–Kier alpha value is -4.20. The maximum absolute atomic E-state index is 12.9. The minimum Gasteiger partial charge on any atom is -0.276 e. The molecule has 0 aliphatic carbocycles. The molecule has 31 heavy (non-hydrogen) atoms. The first-order chi connectivity index (χ1) is 15.1. The molecule has 8 nitrogen and oxygen atoms in total. The van der Waals surface area contributed by atoms with Crippen LogP contribution in [0.3, 0.4) is 0 Å². The number of nitrogens with zero attached hydrogens (tertiary/aromatic N) is 4. The highest BCUT2D eigenvalue weighted by atomic mass is 16.2. The summed E-state index contributed by atoms with van der Waals surface area (Å²) >= 11 is 0. The number of rotatable bonds is 6. The molecule has 156 valence electrons. The summed E-state index contributed by atoms with van der Waals surface area (Å²) in [5.74, 6) is -0.718. The second-order valence-corrected chi connectivity index (χ2v) is 7.06. The fourth-order valence-electron chi connectivity index (χ4n) is 3.18. The molecular formula is C23H22N6O2. The predicted molar refractivity (Wildman–Crippen MR) is 116 cm³/mol. The molecule has 2 heterocycles. The fourth-order valence-corrected chi connectivity index (χ4v) is 3.18. The molecule has 2 aromatic carbocycles. The van der Waals surface area contributed by atoms with E-state index in [0.29, 0.717) is 17.7 Å². The minimum absolute atomic E-state index is 0.237. The Balaban J connectivity index is 1.48. The molecule has 0 bridgehead atoms. The van der Waals surface area contributed by atoms with Crippen LogP contribution in [0.15, 0.2) is 79.3 Å². The van der Waals surface area contributed by atoms with Crippen molar-refractivity contribution in [2.45, 2.75) is 12.8 Å². The lowest BCUT2D eigenvalue weighted by Gasteiger charge is -2.07. The van der Waals surface area contributed by atoms with Crippen LogP contribution in [0, 0.1) is 0 Å². The quantitative estimate of drug-likeness (QED) is 0.475. The van der Waals surface area contributed by atoms with Crippen molar-refractivity contribution in [1.82, 2.24) is 30.4 Å². The number of amides is 2. The SMILES string of the molecule is Cn1cc(CCC(=O)NNC(=O)c2cn(-c3ccccc3)nc2-c2ccccc2)cn1. The first kappa shape index (κ1) is 20.1. The van der Waals surface area contributed by atoms with Crippen molar-refractivity contribution in [3.8, 4) is 16.9 Å². The van der Waals surface area contributed by atoms with Gasteiger partial charge in [0.1, 0.15) is 5.69 Å². The second kappa shape index (κ2) is 9.08. The van der Waals surface area contributed by atoms with Crippen LogP contribution in [0.5, 0.6) is 0 Å². The summed E-state index contributed by atoms with van der Waals surface area (Å²) < 4.78 is 3.34. The van der Waals surface area contributed by atoms with Crippen molar-refractivity contribution in [2.24, 2.45) is 7.05 Å². The summed E-state index contributed by atoms with van der Waals surface area (Å²) in [6.45, 7) is 0. The molecule has 4 rings (SSSR count). The number of carbonyl (C=O) groups is 2. The van der Waals surface area contributed by atoms with E-state index in [2.05, 4.69) is 21.0 Å². The number of aromatic nitrogens is 4. The lowest BCUT2D eigenvalue weighted by molar-refractivity contribution is -0.121. The van der Waals surface area contributed by atoms with E-state index in [-0.39, 0.29) is 12.3 Å². The zero-order valence-electron chi connectivity index (χ0n) is 17.0. The Morgan fingerprint density at radius 1 is 0.935 bits per heavy atom. The molecule has 0 atom stereocenters. The molecule has 0 fully saturated rings. The molecule has 8 heteroatoms. The minimum atomic E-state index is -0.434. The van der Waals surface area contributed by atoms with E-state index in [1.807, 2.05) is 73.9 Å². The molecule has 2 N–H and O–H groups in total. The summed E-state index contributed by atoms with van der Waals surface area (Å²) in [5.41, 5.74) is 8.48. The number of nitrogens with one attached hydrogen (secondary N) is 2. The zero-order valence-corrected chi connectivity index (χ0v) is 17.0. The van der Waals surface area contributed by atoms with Crippen LogP contribution < -0.4 is 10.9 Å². The third-order valence-electron chi connectivity index (χ3n) is 4.74. The van der Waals surface area contributed by atoms with Crippen LogP contribution in [0.2, 0.25) is 0 Å². The number of hydrogen-bond acceptors (Lipinski definition) is 4. The molecule has 0 aliphatic heterocycles. The average molecular weight is 414 g/mol. The Morgan fingerprint density at radius 3 is 2.32 bits per heavy atom. The van der Waals surface area contributed by atoms with Gasteiger partial charge in [-0.05, 0) is 24.1 Å². The first-order valence-corrected chi connectivity index (χ1v) is 9.87. The molecule has 0 radical (unpaired) electrons. The van der Waals surface area contributed by atoms with Crippen LogP contribution in [0.1, 0.15) is 22.3 Å². The summed E-state index contributed by atoms with van der Waals surface area (Å²) in [6, 6.07) is 19.0. The Kier molecular flexibility index (Phi) is 5.89. The smallest absolute Gasteiger partial charge is 0.273 e. The van der Waals surface area contributed by atoms with E-state index in [4.69, 9.17) is 0 Å². The second-order valence-electron chi connectivity index (χ2n) is 7.06. The van der Waals surface area contributed by atoms with Crippen LogP contribution in [-0.2, 0) is 18.3 Å². The van der Waals surface area contributed by atoms with Gasteiger partial charge in [0.15, 0.2) is 0 Å². The van der Waals surface area contributed by atoms with Gasteiger partial charge in [0.2, 0.25) is 5.91 Å². The summed E-state index contributed by atoms with van der Waals surface area (Å²) in [6.07, 6.45) is 6.01. The molecule has 2 aromatic heterocycles. The van der Waals surface area contributed by atoms with Gasteiger partial charge in [0.25, 0.3) is 5.91 Å². The van der Waals surface area contributed by atoms with Gasteiger partial charge in [-0.15, -0.1) is 0 Å². The Bertz CT molecular complexity index is 1180. The van der Waals surface area contributed by atoms with Crippen LogP contribution in [0.25, 0.3) is 16.9 Å². The van der Waals surface area contributed by atoms with Crippen molar-refractivity contribution in [2.75, 3.05) is 0 Å². The third-order valence-corrected chi connectivity index (χ3v) is 4.74. The number of benzene rings is 2. The van der Waals surface area contributed by atoms with Gasteiger partial charge in [0, 0.05) is 31.4 Å². The molecule has 0 aliphatic rings. The van der Waals surface area contributed by atoms with Gasteiger partial charge in [-0.25, -0.2) is 4.68 Å². The third kappa shape index (κ3) is 4.87. The standard InChI is InChI=1S/C23H22N6O2/c1-28-15-17(14-24-28)12-13-21(30)25-26-23(31)20-16-29(19-10-6-3-7-11-19)27-22(20)18-8-4-2-5-9-18/h2-11,14-16H,12-13H2,1H3,(H,25,30)(H,26,31). The Morgan fingerprint density at radius 2 is 1.65 bits per heavy atom. The van der Waals surface area contributed by atoms with Crippen molar-refractivity contribution in [3.63, 3.8) is 0 Å². The van der Waals surface area contributed by atoms with E-state index < -0.39 is 5.91 Å². The highest BCUT2D eigenvalue weighted by Gasteiger charge is 2.19. The van der Waals surface area contributed by atoms with Gasteiger partial charge in [-0.1, -0.05) is 48.5 Å². The van der Waals surface area contributed by atoms with E-state index in [1.54, 1.807) is 21.8 Å². The van der Waals surface area contributed by atoms with E-state index in [0.717, 1.165) is 16.8 Å². The maximum Gasteiger partial charge on any atom is 0.273 e. The van der Waals surface area contributed by atoms with Gasteiger partial charge in [-0.3, -0.25) is 25.1 Å². The number of hydrogen-bond donors (Lipinski definition) is 2. The maximum atomic E-state index is 12.9. The van der Waals surface area contributed by atoms with Crippen LogP contribution in [0.4, 0.5) is 0 Å². The lowest BCUT2D eigenvalue weighted by atomic mass is 10.1. The molecule has 0 saturated carbocycles. The molecule has 0 saturated heterocycles. The zero-order chi connectivity index (χ0) is 21.6. The topological polar surface area (TPSA) is 93.8 Å². The van der Waals surface area contributed by atoms with Crippen LogP contribution in [-0.4, -0.2) is 31.4 Å². The average Bonchev–Trinajstić information content (AvgIpc) is 3.44. The predicted octanol–water partition coefficient (Wildman–Crippen LogP) is 2.67. The first-order valence-electron chi connectivity index (χ1n) is 9.87. The van der Waals surface area contributed by atoms with Gasteiger partial charge in [-0.2, -0.15) is 10.2 Å². The molecule has 4 aromatic rings. The number of para-hydroxylation sites is 1. The summed E-state index contributed by atoms with van der Waals surface area (Å²) in [5, 5.41) is 8.69. The van der Waals surface area contributed by atoms with E-state index in [1.165, 1.54) is 0 Å². The number of hydrazine groups is 1. The largest absolute Gasteiger partial charge is 0.276 e. The van der Waals surface area contributed by atoms with E-state index in [9.17, 15) is 9.59 Å². The molecule has 0 spiro atoms. The van der Waals surface area contributed by atoms with Crippen molar-refractivity contribution < 1.29 is 9.59 Å². The van der Waals surface area contributed by atoms with Crippen molar-refractivity contribution in [3.05, 3.63) is 90.4 Å². The number of carbonyl (C=O) groups excluding carboxylic acids is 2. The van der Waals surface area contributed by atoms with Crippen LogP contribution >= 0.6 is 0 Å². The van der Waals surface area contributed by atoms with E-state index >= 15 is 0 Å². The monoisotopic (exact) mass is 414 g/mol. The summed E-state index contributed by atoms with van der Waals surface area (Å²) in [7, 11) is 1.82. The van der Waals surface area contributed by atoms with Gasteiger partial charge in [0.05, 0.1) is 17.4 Å². The highest BCUT2D eigenvalue weighted by molar-refractivity contribution is 6.00. The van der Waals surface area contributed by atoms with Gasteiger partial charge < -0.3 is 0 Å². The fraction of sp³-hybridized carbons (Fsp3) is 0.130. The van der Waals surface area contributed by atoms with Crippen molar-refractivity contribution >= 4 is 11.8 Å². The summed E-state index contributed by atoms with van der Waals surface area (Å²) in [4.78, 5) is 25.0. The number of aryl methyl sites for hydroxylation is 2. The Labute approximate surface area is 179 Å². The molecule has 0 unspecified atom stereocenters. The van der Waals surface area contributed by atoms with Crippen molar-refractivity contribution in [1.29, 1.82) is 0 Å². The normalized spacial score (nSPS) is 10.6. The van der Waals surface area contributed by atoms with Gasteiger partial charge >= 0.3 is 0 Å².